The fraction of sp³-hybridized carbons (Fsp3) is 0.421. The average Bonchev–Trinajstić information content (AvgIpc) is 3.03. The number of aliphatic imine (C=N–C) groups is 2. The van der Waals surface area contributed by atoms with Gasteiger partial charge in [-0.1, -0.05) is 41.5 Å². The van der Waals surface area contributed by atoms with Crippen LogP contribution in [0.25, 0.3) is 33.0 Å². The summed E-state index contributed by atoms with van der Waals surface area (Å²) in [7, 11) is 0. The molecule has 0 amide bonds. The van der Waals surface area contributed by atoms with Crippen molar-refractivity contribution < 1.29 is 20.4 Å². The summed E-state index contributed by atoms with van der Waals surface area (Å²) in [5.41, 5.74) is -4.60. The van der Waals surface area contributed by atoms with Gasteiger partial charge in [0, 0.05) is 85.4 Å². The van der Waals surface area contributed by atoms with Crippen LogP contribution in [0.15, 0.2) is 29.2 Å². The third kappa shape index (κ3) is 5.56. The van der Waals surface area contributed by atoms with E-state index >= 15 is 0 Å². The second-order valence-corrected chi connectivity index (χ2v) is 13.2. The van der Waals surface area contributed by atoms with E-state index in [4.69, 9.17) is 0 Å². The molecule has 2 atom stereocenters. The minimum Gasteiger partial charge on any atom is -0.507 e. The second kappa shape index (κ2) is 13.3. The van der Waals surface area contributed by atoms with Crippen LogP contribution in [0.5, 0.6) is 23.0 Å². The van der Waals surface area contributed by atoms with Gasteiger partial charge in [-0.2, -0.15) is 0 Å². The minimum atomic E-state index is -0.961. The van der Waals surface area contributed by atoms with E-state index in [1.807, 2.05) is 20.8 Å². The van der Waals surface area contributed by atoms with Crippen LogP contribution in [-0.4, -0.2) is 44.9 Å². The number of aromatic hydroxyl groups is 4. The van der Waals surface area contributed by atoms with Crippen molar-refractivity contribution in [3.05, 3.63) is 74.3 Å². The summed E-state index contributed by atoms with van der Waals surface area (Å²) in [5, 5.41) is 46.2. The fourth-order valence-corrected chi connectivity index (χ4v) is 6.25. The number of rotatable bonds is 9. The van der Waals surface area contributed by atoms with Gasteiger partial charge in [0.25, 0.3) is 0 Å². The summed E-state index contributed by atoms with van der Waals surface area (Å²) >= 11 is 0. The number of fused-ring (bicyclic) bond motifs is 2. The Morgan fingerprint density at radius 1 is 0.521 bits per heavy atom. The molecule has 0 saturated heterocycles. The Bertz CT molecular complexity index is 2190. The standard InChI is InChI=1S/C38H44N2O8/c1-11-17(7)39-13-21-27-29(23(15(3)4)37(47)33(21)43)31(41)19(9)25(35(27)45)26-20(10)32(42)30-24(16(5)6)38(48)34(44)22(28(30)36(26)46)14-40-18(8)12-2/h13-18,41,43,45,47H,11-12H2,1-10H3/t17-,18-/m0/s1. The Morgan fingerprint density at radius 2 is 1.04 bits per heavy atom. The molecule has 0 spiro atoms. The third-order valence-corrected chi connectivity index (χ3v) is 9.35. The van der Waals surface area contributed by atoms with Crippen LogP contribution in [0.4, 0.5) is 0 Å². The lowest BCUT2D eigenvalue weighted by atomic mass is 9.80. The Morgan fingerprint density at radius 3 is 1.54 bits per heavy atom. The summed E-state index contributed by atoms with van der Waals surface area (Å²) < 4.78 is 0. The molecule has 0 aromatic heterocycles. The van der Waals surface area contributed by atoms with Crippen LogP contribution in [-0.2, 0) is 0 Å². The predicted octanol–water partition coefficient (Wildman–Crippen LogP) is 6.05. The zero-order valence-corrected chi connectivity index (χ0v) is 29.2. The van der Waals surface area contributed by atoms with Crippen molar-refractivity contribution in [3.8, 4) is 45.3 Å². The van der Waals surface area contributed by atoms with E-state index in [-0.39, 0.29) is 84.2 Å². The molecule has 2 aliphatic carbocycles. The van der Waals surface area contributed by atoms with E-state index in [0.29, 0.717) is 12.8 Å². The Labute approximate surface area is 278 Å². The summed E-state index contributed by atoms with van der Waals surface area (Å²) in [4.78, 5) is 64.6. The number of hydrogen-bond donors (Lipinski definition) is 4. The first-order chi connectivity index (χ1) is 22.4. The highest BCUT2D eigenvalue weighted by atomic mass is 16.3. The van der Waals surface area contributed by atoms with Gasteiger partial charge in [-0.3, -0.25) is 29.2 Å². The molecule has 0 radical (unpaired) electrons. The van der Waals surface area contributed by atoms with Gasteiger partial charge in [-0.05, 0) is 52.4 Å². The quantitative estimate of drug-likeness (QED) is 0.0729. The molecule has 10 nitrogen and oxygen atoms in total. The summed E-state index contributed by atoms with van der Waals surface area (Å²) in [5.74, 6) is -2.98. The Kier molecular flexibility index (Phi) is 10.00. The third-order valence-electron chi connectivity index (χ3n) is 9.35. The van der Waals surface area contributed by atoms with Crippen LogP contribution in [0.3, 0.4) is 0 Å². The van der Waals surface area contributed by atoms with Crippen LogP contribution in [0.1, 0.15) is 113 Å². The van der Waals surface area contributed by atoms with Gasteiger partial charge in [0.1, 0.15) is 11.5 Å². The van der Waals surface area contributed by atoms with Crippen LogP contribution in [0.2, 0.25) is 0 Å². The SMILES string of the molecule is CC[C@H](C)N=Cc1c2c(=O)c(-c3c(C)c(O)c4c(C(C)C)c(O)c(O)c(C=N[C@@H](C)CC)c4c3O)c(C)c(=O)c-2c(C(C)C)c(=O)c1=O. The molecule has 48 heavy (non-hydrogen) atoms. The lowest BCUT2D eigenvalue weighted by Crippen LogP contribution is -2.38. The second-order valence-electron chi connectivity index (χ2n) is 13.2. The van der Waals surface area contributed by atoms with E-state index < -0.39 is 50.8 Å². The van der Waals surface area contributed by atoms with Gasteiger partial charge in [0.15, 0.2) is 22.4 Å². The number of phenols is 4. The van der Waals surface area contributed by atoms with Gasteiger partial charge in [0.2, 0.25) is 10.9 Å². The van der Waals surface area contributed by atoms with E-state index in [1.54, 1.807) is 34.6 Å². The van der Waals surface area contributed by atoms with E-state index in [1.165, 1.54) is 26.3 Å². The lowest BCUT2D eigenvalue weighted by molar-refractivity contribution is 0.397. The molecule has 0 unspecified atom stereocenters. The number of hydrogen-bond acceptors (Lipinski definition) is 10. The van der Waals surface area contributed by atoms with E-state index in [9.17, 15) is 39.6 Å². The Hall–Kier alpha value is -4.86. The minimum absolute atomic E-state index is 0.0254. The van der Waals surface area contributed by atoms with Crippen molar-refractivity contribution >= 4 is 23.2 Å². The zero-order valence-electron chi connectivity index (χ0n) is 29.2. The maximum Gasteiger partial charge on any atom is 0.235 e. The lowest BCUT2D eigenvalue weighted by Gasteiger charge is -2.23. The van der Waals surface area contributed by atoms with Gasteiger partial charge in [0.05, 0.1) is 5.56 Å². The van der Waals surface area contributed by atoms with Gasteiger partial charge < -0.3 is 20.4 Å². The molecule has 4 rings (SSSR count). The average molecular weight is 657 g/mol. The number of nitrogens with zero attached hydrogens (tertiary/aromatic N) is 2. The smallest absolute Gasteiger partial charge is 0.235 e. The van der Waals surface area contributed by atoms with E-state index in [0.717, 1.165) is 0 Å². The Balaban J connectivity index is 2.37. The van der Waals surface area contributed by atoms with Crippen LogP contribution in [0, 0.1) is 13.8 Å². The molecular formula is C38H44N2O8. The fourth-order valence-electron chi connectivity index (χ4n) is 6.25. The maximum absolute atomic E-state index is 14.7. The van der Waals surface area contributed by atoms with Crippen molar-refractivity contribution in [1.82, 2.24) is 0 Å². The van der Waals surface area contributed by atoms with Crippen molar-refractivity contribution in [2.45, 2.75) is 106 Å². The highest BCUT2D eigenvalue weighted by Crippen LogP contribution is 2.53. The molecule has 2 aromatic carbocycles. The largest absolute Gasteiger partial charge is 0.507 e. The molecule has 0 aliphatic heterocycles. The van der Waals surface area contributed by atoms with Crippen LogP contribution >= 0.6 is 0 Å². The predicted molar refractivity (Wildman–Crippen MR) is 192 cm³/mol. The molecule has 0 heterocycles. The van der Waals surface area contributed by atoms with Crippen molar-refractivity contribution in [2.24, 2.45) is 9.98 Å². The van der Waals surface area contributed by atoms with Gasteiger partial charge in [-0.25, -0.2) is 0 Å². The summed E-state index contributed by atoms with van der Waals surface area (Å²) in [6.45, 7) is 17.1. The molecular weight excluding hydrogens is 612 g/mol. The molecule has 10 heteroatoms. The first-order valence-corrected chi connectivity index (χ1v) is 16.3. The van der Waals surface area contributed by atoms with Crippen molar-refractivity contribution in [2.75, 3.05) is 0 Å². The molecule has 2 aromatic rings. The van der Waals surface area contributed by atoms with Gasteiger partial charge >= 0.3 is 0 Å². The summed E-state index contributed by atoms with van der Waals surface area (Å²) in [6.07, 6.45) is 3.75. The normalized spacial score (nSPS) is 13.7. The molecule has 2 aliphatic rings. The monoisotopic (exact) mass is 656 g/mol. The first-order valence-electron chi connectivity index (χ1n) is 16.3. The molecule has 4 N–H and O–H groups in total. The van der Waals surface area contributed by atoms with Crippen molar-refractivity contribution in [3.63, 3.8) is 0 Å². The highest BCUT2D eigenvalue weighted by molar-refractivity contribution is 6.14. The summed E-state index contributed by atoms with van der Waals surface area (Å²) in [6, 6.07) is -0.437. The van der Waals surface area contributed by atoms with E-state index in [2.05, 4.69) is 9.98 Å². The zero-order chi connectivity index (χ0) is 36.1. The molecule has 254 valence electrons. The molecule has 0 bridgehead atoms. The van der Waals surface area contributed by atoms with Crippen LogP contribution < -0.4 is 21.7 Å². The topological polar surface area (TPSA) is 174 Å². The highest BCUT2D eigenvalue weighted by Gasteiger charge is 2.34. The number of benzene rings is 4. The van der Waals surface area contributed by atoms with Gasteiger partial charge in [-0.15, -0.1) is 0 Å². The maximum atomic E-state index is 14.7. The molecule has 0 fully saturated rings. The number of phenolic OH excluding ortho intramolecular Hbond substituents is 4. The van der Waals surface area contributed by atoms with Crippen molar-refractivity contribution in [1.29, 1.82) is 0 Å². The first kappa shape index (κ1) is 36.0. The molecule has 0 saturated carbocycles.